The van der Waals surface area contributed by atoms with Crippen LogP contribution in [-0.4, -0.2) is 87.9 Å². The Balaban J connectivity index is 2.04. The third-order valence-corrected chi connectivity index (χ3v) is 5.39. The van der Waals surface area contributed by atoms with Crippen LogP contribution in [0.4, 0.5) is 0 Å². The number of Topliss-reactive ketones (excluding diaryl/α,β-unsaturated/α-hetero) is 1. The number of hydrogen-bond acceptors (Lipinski definition) is 8. The van der Waals surface area contributed by atoms with Gasteiger partial charge in [0.2, 0.25) is 17.7 Å². The Labute approximate surface area is 193 Å². The van der Waals surface area contributed by atoms with Gasteiger partial charge >= 0.3 is 0 Å². The highest BCUT2D eigenvalue weighted by Crippen LogP contribution is 2.29. The average molecular weight is 470 g/mol. The molecule has 3 amide bonds. The minimum atomic E-state index is -1.08. The number of carbonyl (C=O) groups excluding carboxylic acids is 4. The Morgan fingerprint density at radius 1 is 1.00 bits per heavy atom. The van der Waals surface area contributed by atoms with Crippen molar-refractivity contribution in [1.29, 1.82) is 0 Å². The Hall–Kier alpha value is -2.50. The highest BCUT2D eigenvalue weighted by molar-refractivity contribution is 5.98. The molecular formula is C22H35N3O8. The van der Waals surface area contributed by atoms with E-state index in [4.69, 9.17) is 18.9 Å². The van der Waals surface area contributed by atoms with E-state index in [0.29, 0.717) is 13.0 Å². The Bertz CT molecular complexity index is 750. The fourth-order valence-corrected chi connectivity index (χ4v) is 3.37. The van der Waals surface area contributed by atoms with Crippen molar-refractivity contribution in [2.24, 2.45) is 11.8 Å². The molecule has 0 aromatic rings. The van der Waals surface area contributed by atoms with Gasteiger partial charge in [0.15, 0.2) is 5.78 Å². The molecule has 0 bridgehead atoms. The largest absolute Gasteiger partial charge is 0.500 e. The molecule has 0 aromatic heterocycles. The van der Waals surface area contributed by atoms with Crippen molar-refractivity contribution in [1.82, 2.24) is 16.0 Å². The van der Waals surface area contributed by atoms with Gasteiger partial charge in [-0.05, 0) is 25.3 Å². The molecule has 0 saturated carbocycles. The summed E-state index contributed by atoms with van der Waals surface area (Å²) in [6.07, 6.45) is 3.45. The molecular weight excluding hydrogens is 434 g/mol. The maximum absolute atomic E-state index is 13.0. The number of ether oxygens (including phenoxy) is 4. The van der Waals surface area contributed by atoms with Gasteiger partial charge in [-0.25, -0.2) is 0 Å². The first-order chi connectivity index (χ1) is 15.6. The Kier molecular flexibility index (Phi) is 9.81. The quantitative estimate of drug-likeness (QED) is 0.283. The van der Waals surface area contributed by atoms with E-state index in [9.17, 15) is 19.2 Å². The van der Waals surface area contributed by atoms with Crippen molar-refractivity contribution < 1.29 is 38.1 Å². The lowest BCUT2D eigenvalue weighted by molar-refractivity contribution is -0.136. The average Bonchev–Trinajstić information content (AvgIpc) is 3.27. The standard InChI is InChI=1S/C22H35N3O8/c1-13(2)8-15(18(26)22(3)12-33-22)23-20(28)17(11-31-5)25-21(29)16(10-30-4)24-19(27)14-6-7-32-9-14/h6-7,13-17H,8-12H2,1-5H3,(H,23,28)(H,24,27)(H,25,29)/t14?,15?,16?,17-,22?/m0/s1. The zero-order valence-corrected chi connectivity index (χ0v) is 19.8. The summed E-state index contributed by atoms with van der Waals surface area (Å²) in [4.78, 5) is 51.0. The summed E-state index contributed by atoms with van der Waals surface area (Å²) < 4.78 is 20.5. The first-order valence-electron chi connectivity index (χ1n) is 11.0. The van der Waals surface area contributed by atoms with E-state index in [0.717, 1.165) is 0 Å². The first-order valence-corrected chi connectivity index (χ1v) is 11.0. The topological polar surface area (TPSA) is 145 Å². The highest BCUT2D eigenvalue weighted by atomic mass is 16.6. The van der Waals surface area contributed by atoms with Crippen molar-refractivity contribution in [2.75, 3.05) is 40.6 Å². The monoisotopic (exact) mass is 469 g/mol. The molecule has 1 fully saturated rings. The van der Waals surface area contributed by atoms with E-state index in [1.165, 1.54) is 20.5 Å². The lowest BCUT2D eigenvalue weighted by atomic mass is 9.93. The van der Waals surface area contributed by atoms with E-state index in [1.54, 1.807) is 13.0 Å². The molecule has 186 valence electrons. The van der Waals surface area contributed by atoms with Crippen molar-refractivity contribution in [3.8, 4) is 0 Å². The number of amides is 3. The molecule has 0 aromatic carbocycles. The van der Waals surface area contributed by atoms with Crippen LogP contribution in [-0.2, 0) is 38.1 Å². The summed E-state index contributed by atoms with van der Waals surface area (Å²) >= 11 is 0. The van der Waals surface area contributed by atoms with Crippen LogP contribution in [0.1, 0.15) is 27.2 Å². The third-order valence-electron chi connectivity index (χ3n) is 5.39. The molecule has 0 aliphatic carbocycles. The van der Waals surface area contributed by atoms with E-state index in [2.05, 4.69) is 16.0 Å². The zero-order valence-electron chi connectivity index (χ0n) is 19.8. The molecule has 0 spiro atoms. The fourth-order valence-electron chi connectivity index (χ4n) is 3.37. The lowest BCUT2D eigenvalue weighted by Crippen LogP contribution is -2.59. The molecule has 2 heterocycles. The number of methoxy groups -OCH3 is 2. The van der Waals surface area contributed by atoms with Crippen LogP contribution in [0.25, 0.3) is 0 Å². The van der Waals surface area contributed by atoms with Gasteiger partial charge < -0.3 is 34.9 Å². The second-order valence-electron chi connectivity index (χ2n) is 8.88. The van der Waals surface area contributed by atoms with Gasteiger partial charge in [-0.3, -0.25) is 19.2 Å². The number of nitrogens with one attached hydrogen (secondary N) is 3. The van der Waals surface area contributed by atoms with Crippen molar-refractivity contribution in [3.63, 3.8) is 0 Å². The van der Waals surface area contributed by atoms with Gasteiger partial charge in [0.1, 0.15) is 24.3 Å². The third kappa shape index (κ3) is 7.79. The number of carbonyl (C=O) groups is 4. The predicted molar refractivity (Wildman–Crippen MR) is 117 cm³/mol. The van der Waals surface area contributed by atoms with E-state index < -0.39 is 47.4 Å². The van der Waals surface area contributed by atoms with Crippen LogP contribution in [0.5, 0.6) is 0 Å². The number of rotatable bonds is 14. The Morgan fingerprint density at radius 3 is 2.00 bits per heavy atom. The second-order valence-corrected chi connectivity index (χ2v) is 8.88. The van der Waals surface area contributed by atoms with Gasteiger partial charge in [0.25, 0.3) is 0 Å². The first kappa shape index (κ1) is 26.7. The molecule has 11 heteroatoms. The smallest absolute Gasteiger partial charge is 0.245 e. The Morgan fingerprint density at radius 2 is 1.55 bits per heavy atom. The second kappa shape index (κ2) is 12.1. The molecule has 1 saturated heterocycles. The van der Waals surface area contributed by atoms with Crippen LogP contribution >= 0.6 is 0 Å². The molecule has 2 aliphatic rings. The molecule has 2 rings (SSSR count). The predicted octanol–water partition coefficient (Wildman–Crippen LogP) is -0.702. The lowest BCUT2D eigenvalue weighted by Gasteiger charge is -2.26. The summed E-state index contributed by atoms with van der Waals surface area (Å²) in [6.45, 7) is 5.86. The number of hydrogen-bond donors (Lipinski definition) is 3. The van der Waals surface area contributed by atoms with Crippen molar-refractivity contribution in [3.05, 3.63) is 12.3 Å². The summed E-state index contributed by atoms with van der Waals surface area (Å²) in [5, 5.41) is 7.93. The van der Waals surface area contributed by atoms with Crippen LogP contribution < -0.4 is 16.0 Å². The van der Waals surface area contributed by atoms with Crippen LogP contribution in [0.15, 0.2) is 12.3 Å². The summed E-state index contributed by atoms with van der Waals surface area (Å²) in [7, 11) is 2.79. The molecule has 33 heavy (non-hydrogen) atoms. The summed E-state index contributed by atoms with van der Waals surface area (Å²) in [6, 6.07) is -2.87. The van der Waals surface area contributed by atoms with Gasteiger partial charge in [-0.1, -0.05) is 13.8 Å². The molecule has 4 unspecified atom stereocenters. The molecule has 5 atom stereocenters. The van der Waals surface area contributed by atoms with Crippen molar-refractivity contribution >= 4 is 23.5 Å². The van der Waals surface area contributed by atoms with Crippen LogP contribution in [0.2, 0.25) is 0 Å². The van der Waals surface area contributed by atoms with E-state index in [1.807, 2.05) is 13.8 Å². The maximum atomic E-state index is 13.0. The zero-order chi connectivity index (χ0) is 24.6. The van der Waals surface area contributed by atoms with Crippen LogP contribution in [0, 0.1) is 11.8 Å². The van der Waals surface area contributed by atoms with Gasteiger partial charge in [-0.15, -0.1) is 0 Å². The fraction of sp³-hybridized carbons (Fsp3) is 0.727. The summed E-state index contributed by atoms with van der Waals surface area (Å²) in [5.41, 5.74) is -0.890. The molecule has 0 radical (unpaired) electrons. The minimum Gasteiger partial charge on any atom is -0.500 e. The molecule has 2 aliphatic heterocycles. The highest BCUT2D eigenvalue weighted by Gasteiger charge is 2.50. The normalized spacial score (nSPS) is 23.9. The summed E-state index contributed by atoms with van der Waals surface area (Å²) in [5.74, 6) is -2.15. The van der Waals surface area contributed by atoms with Crippen molar-refractivity contribution in [2.45, 2.75) is 50.9 Å². The maximum Gasteiger partial charge on any atom is 0.245 e. The molecule has 11 nitrogen and oxygen atoms in total. The number of ketones is 1. The van der Waals surface area contributed by atoms with Gasteiger partial charge in [-0.2, -0.15) is 0 Å². The number of epoxide rings is 1. The SMILES string of the molecule is COCC(NC(=O)C1C=COC1)C(=O)N[C@@H](COC)C(=O)NC(CC(C)C)C(=O)C1(C)CO1. The van der Waals surface area contributed by atoms with Gasteiger partial charge in [0.05, 0.1) is 38.0 Å². The van der Waals surface area contributed by atoms with E-state index in [-0.39, 0.29) is 31.5 Å². The van der Waals surface area contributed by atoms with Gasteiger partial charge in [0, 0.05) is 14.2 Å². The minimum absolute atomic E-state index is 0.0969. The van der Waals surface area contributed by atoms with Crippen LogP contribution in [0.3, 0.4) is 0 Å². The van der Waals surface area contributed by atoms with E-state index >= 15 is 0 Å². The molecule has 3 N–H and O–H groups in total.